The van der Waals surface area contributed by atoms with Crippen molar-refractivity contribution in [3.8, 4) is 11.4 Å². The van der Waals surface area contributed by atoms with Gasteiger partial charge in [-0.1, -0.05) is 0 Å². The monoisotopic (exact) mass is 390 g/mol. The fourth-order valence-corrected chi connectivity index (χ4v) is 2.48. The number of pyridine rings is 2. The number of hydrogen-bond donors (Lipinski definition) is 1. The van der Waals surface area contributed by atoms with Crippen LogP contribution in [0.15, 0.2) is 73.3 Å². The average molecular weight is 390 g/mol. The van der Waals surface area contributed by atoms with E-state index in [-0.39, 0.29) is 17.3 Å². The Kier molecular flexibility index (Phi) is 5.19. The zero-order chi connectivity index (χ0) is 20.1. The van der Waals surface area contributed by atoms with E-state index in [9.17, 15) is 9.18 Å². The maximum atomic E-state index is 13.1. The van der Waals surface area contributed by atoms with Gasteiger partial charge in [0.25, 0.3) is 5.91 Å². The minimum atomic E-state index is -0.495. The van der Waals surface area contributed by atoms with E-state index in [2.05, 4.69) is 25.5 Å². The van der Waals surface area contributed by atoms with Crippen molar-refractivity contribution in [3.63, 3.8) is 0 Å². The number of anilines is 1. The Morgan fingerprint density at radius 3 is 2.66 bits per heavy atom. The minimum Gasteiger partial charge on any atom is -0.485 e. The molecule has 0 aliphatic carbocycles. The highest BCUT2D eigenvalue weighted by Crippen LogP contribution is 2.22. The molecule has 0 atom stereocenters. The lowest BCUT2D eigenvalue weighted by Gasteiger charge is -2.10. The van der Waals surface area contributed by atoms with Crippen LogP contribution in [0.2, 0.25) is 0 Å². The fourth-order valence-electron chi connectivity index (χ4n) is 2.48. The molecule has 29 heavy (non-hydrogen) atoms. The van der Waals surface area contributed by atoms with Crippen LogP contribution >= 0.6 is 0 Å². The number of nitrogens with one attached hydrogen (secondary N) is 1. The Hall–Kier alpha value is -4.14. The maximum Gasteiger partial charge on any atom is 0.279 e. The van der Waals surface area contributed by atoms with Crippen molar-refractivity contribution in [3.05, 3.63) is 90.4 Å². The summed E-state index contributed by atoms with van der Waals surface area (Å²) in [6, 6.07) is 12.7. The van der Waals surface area contributed by atoms with Crippen LogP contribution in [0.3, 0.4) is 0 Å². The number of aromatic nitrogens is 5. The SMILES string of the molecule is O=C(Nc1ncccc1OCc1ccncc1)c1cnn(-c2ccc(F)cc2)n1. The predicted octanol–water partition coefficient (Wildman–Crippen LogP) is 3.03. The van der Waals surface area contributed by atoms with Crippen LogP contribution in [0.25, 0.3) is 5.69 Å². The van der Waals surface area contributed by atoms with Crippen LogP contribution in [0.5, 0.6) is 5.75 Å². The van der Waals surface area contributed by atoms with Crippen LogP contribution in [0.1, 0.15) is 16.1 Å². The number of amides is 1. The number of carbonyl (C=O) groups is 1. The largest absolute Gasteiger partial charge is 0.485 e. The lowest BCUT2D eigenvalue weighted by Crippen LogP contribution is -2.15. The van der Waals surface area contributed by atoms with Gasteiger partial charge in [-0.25, -0.2) is 9.37 Å². The lowest BCUT2D eigenvalue weighted by atomic mass is 10.3. The molecule has 0 unspecified atom stereocenters. The summed E-state index contributed by atoms with van der Waals surface area (Å²) >= 11 is 0. The third kappa shape index (κ3) is 4.41. The number of nitrogens with zero attached hydrogens (tertiary/aromatic N) is 5. The molecule has 4 rings (SSSR count). The van der Waals surface area contributed by atoms with Crippen LogP contribution in [0.4, 0.5) is 10.2 Å². The predicted molar refractivity (Wildman–Crippen MR) is 102 cm³/mol. The molecule has 3 heterocycles. The van der Waals surface area contributed by atoms with Crippen LogP contribution in [-0.4, -0.2) is 30.9 Å². The van der Waals surface area contributed by atoms with Crippen molar-refractivity contribution < 1.29 is 13.9 Å². The zero-order valence-electron chi connectivity index (χ0n) is 15.1. The standard InChI is InChI=1S/C20H15FN6O2/c21-15-3-5-16(6-4-15)27-24-12-17(26-27)20(28)25-19-18(2-1-9-23-19)29-13-14-7-10-22-11-8-14/h1-12H,13H2,(H,23,25,28). The first-order valence-electron chi connectivity index (χ1n) is 8.65. The summed E-state index contributed by atoms with van der Waals surface area (Å²) in [5.74, 6) is -0.175. The summed E-state index contributed by atoms with van der Waals surface area (Å²) in [4.78, 5) is 21.9. The third-order valence-electron chi connectivity index (χ3n) is 3.93. The van der Waals surface area contributed by atoms with Gasteiger partial charge in [0, 0.05) is 18.6 Å². The second kappa shape index (κ2) is 8.26. The molecule has 0 aliphatic rings. The molecular weight excluding hydrogens is 375 g/mol. The normalized spacial score (nSPS) is 10.5. The minimum absolute atomic E-state index is 0.0834. The van der Waals surface area contributed by atoms with Gasteiger partial charge >= 0.3 is 0 Å². The molecule has 0 bridgehead atoms. The Labute approximate surface area is 165 Å². The first kappa shape index (κ1) is 18.2. The number of ether oxygens (including phenoxy) is 1. The molecule has 0 saturated heterocycles. The van der Waals surface area contributed by atoms with Gasteiger partial charge in [-0.3, -0.25) is 9.78 Å². The van der Waals surface area contributed by atoms with E-state index in [0.29, 0.717) is 18.0 Å². The smallest absolute Gasteiger partial charge is 0.279 e. The molecule has 1 amide bonds. The first-order chi connectivity index (χ1) is 14.2. The average Bonchev–Trinajstić information content (AvgIpc) is 3.25. The Morgan fingerprint density at radius 2 is 1.86 bits per heavy atom. The van der Waals surface area contributed by atoms with Crippen LogP contribution in [0, 0.1) is 5.82 Å². The van der Waals surface area contributed by atoms with E-state index in [4.69, 9.17) is 4.74 Å². The second-order valence-electron chi connectivity index (χ2n) is 5.94. The molecule has 0 radical (unpaired) electrons. The number of carbonyl (C=O) groups excluding carboxylic acids is 1. The van der Waals surface area contributed by atoms with Crippen molar-refractivity contribution in [2.75, 3.05) is 5.32 Å². The van der Waals surface area contributed by atoms with Gasteiger partial charge in [0.15, 0.2) is 17.3 Å². The van der Waals surface area contributed by atoms with Crippen molar-refractivity contribution in [1.82, 2.24) is 25.0 Å². The van der Waals surface area contributed by atoms with Gasteiger partial charge in [-0.2, -0.15) is 9.90 Å². The molecule has 8 nitrogen and oxygen atoms in total. The molecule has 0 spiro atoms. The highest BCUT2D eigenvalue weighted by molar-refractivity contribution is 6.02. The molecule has 1 aromatic carbocycles. The third-order valence-corrected chi connectivity index (χ3v) is 3.93. The number of hydrogen-bond acceptors (Lipinski definition) is 6. The summed E-state index contributed by atoms with van der Waals surface area (Å²) in [5.41, 5.74) is 1.55. The second-order valence-corrected chi connectivity index (χ2v) is 5.94. The molecule has 0 aliphatic heterocycles. The Morgan fingerprint density at radius 1 is 1.07 bits per heavy atom. The zero-order valence-corrected chi connectivity index (χ0v) is 15.1. The van der Waals surface area contributed by atoms with Gasteiger partial charge in [0.2, 0.25) is 0 Å². The summed E-state index contributed by atoms with van der Waals surface area (Å²) in [6.07, 6.45) is 6.22. The van der Waals surface area contributed by atoms with E-state index < -0.39 is 5.91 Å². The molecule has 3 aromatic heterocycles. The van der Waals surface area contributed by atoms with Crippen molar-refractivity contribution in [2.24, 2.45) is 0 Å². The Balaban J connectivity index is 1.47. The molecule has 0 fully saturated rings. The molecule has 144 valence electrons. The molecule has 9 heteroatoms. The molecule has 4 aromatic rings. The van der Waals surface area contributed by atoms with E-state index in [0.717, 1.165) is 5.56 Å². The number of rotatable bonds is 6. The highest BCUT2D eigenvalue weighted by atomic mass is 19.1. The quantitative estimate of drug-likeness (QED) is 0.544. The van der Waals surface area contributed by atoms with E-state index in [1.54, 1.807) is 30.7 Å². The van der Waals surface area contributed by atoms with Gasteiger partial charge in [0.1, 0.15) is 12.4 Å². The van der Waals surface area contributed by atoms with Crippen molar-refractivity contribution in [1.29, 1.82) is 0 Å². The van der Waals surface area contributed by atoms with E-state index in [1.807, 2.05) is 12.1 Å². The first-order valence-corrected chi connectivity index (χ1v) is 8.65. The summed E-state index contributed by atoms with van der Waals surface area (Å²) in [7, 11) is 0. The summed E-state index contributed by atoms with van der Waals surface area (Å²) < 4.78 is 18.8. The van der Waals surface area contributed by atoms with Crippen molar-refractivity contribution >= 4 is 11.7 Å². The van der Waals surface area contributed by atoms with Gasteiger partial charge < -0.3 is 10.1 Å². The van der Waals surface area contributed by atoms with Gasteiger partial charge in [0.05, 0.1) is 11.9 Å². The van der Waals surface area contributed by atoms with E-state index >= 15 is 0 Å². The Bertz CT molecular complexity index is 1120. The molecular formula is C20H15FN6O2. The van der Waals surface area contributed by atoms with Crippen LogP contribution < -0.4 is 10.1 Å². The summed E-state index contributed by atoms with van der Waals surface area (Å²) in [6.45, 7) is 0.303. The number of halogens is 1. The lowest BCUT2D eigenvalue weighted by molar-refractivity contribution is 0.102. The van der Waals surface area contributed by atoms with Gasteiger partial charge in [-0.15, -0.1) is 5.10 Å². The highest BCUT2D eigenvalue weighted by Gasteiger charge is 2.15. The molecule has 0 saturated carbocycles. The van der Waals surface area contributed by atoms with Crippen molar-refractivity contribution in [2.45, 2.75) is 6.61 Å². The summed E-state index contributed by atoms with van der Waals surface area (Å²) in [5, 5.41) is 10.8. The maximum absolute atomic E-state index is 13.1. The van der Waals surface area contributed by atoms with Gasteiger partial charge in [-0.05, 0) is 54.1 Å². The molecule has 1 N–H and O–H groups in total. The number of benzene rings is 1. The van der Waals surface area contributed by atoms with Crippen LogP contribution in [-0.2, 0) is 6.61 Å². The topological polar surface area (TPSA) is 94.8 Å². The fraction of sp³-hybridized carbons (Fsp3) is 0.0500. The van der Waals surface area contributed by atoms with E-state index in [1.165, 1.54) is 35.3 Å².